The Morgan fingerprint density at radius 3 is 2.79 bits per heavy atom. The summed E-state index contributed by atoms with van der Waals surface area (Å²) >= 11 is 0. The van der Waals surface area contributed by atoms with Crippen LogP contribution in [0.2, 0.25) is 0 Å². The van der Waals surface area contributed by atoms with Crippen LogP contribution in [-0.4, -0.2) is 14.8 Å². The Hall–Kier alpha value is -1.48. The highest BCUT2D eigenvalue weighted by Crippen LogP contribution is 2.28. The Balaban J connectivity index is 2.82. The second-order valence-electron chi connectivity index (χ2n) is 3.27. The van der Waals surface area contributed by atoms with Crippen LogP contribution < -0.4 is 0 Å². The zero-order chi connectivity index (χ0) is 10.1. The molecule has 0 saturated heterocycles. The maximum Gasteiger partial charge on any atom is 0.139 e. The molecule has 0 unspecified atom stereocenters. The predicted octanol–water partition coefficient (Wildman–Crippen LogP) is 1.86. The average Bonchev–Trinajstić information content (AvgIpc) is 2.57. The van der Waals surface area contributed by atoms with Crippen LogP contribution in [0.3, 0.4) is 0 Å². The van der Waals surface area contributed by atoms with E-state index in [9.17, 15) is 5.11 Å². The first-order valence-electron chi connectivity index (χ1n) is 4.68. The van der Waals surface area contributed by atoms with E-state index in [-0.39, 0.29) is 12.4 Å². The smallest absolute Gasteiger partial charge is 0.139 e. The van der Waals surface area contributed by atoms with Crippen molar-refractivity contribution in [2.24, 2.45) is 0 Å². The standard InChI is InChI=1S/C11H13NO2/c1-2-12-6-8(7-13)9-4-3-5-10(14)11(9)12/h3-6,13-14H,2,7H2,1H3. The van der Waals surface area contributed by atoms with Gasteiger partial charge in [0.25, 0.3) is 0 Å². The van der Waals surface area contributed by atoms with Gasteiger partial charge in [-0.3, -0.25) is 0 Å². The molecule has 3 nitrogen and oxygen atoms in total. The van der Waals surface area contributed by atoms with E-state index < -0.39 is 0 Å². The summed E-state index contributed by atoms with van der Waals surface area (Å²) in [6.45, 7) is 2.80. The lowest BCUT2D eigenvalue weighted by molar-refractivity contribution is 0.283. The highest BCUT2D eigenvalue weighted by atomic mass is 16.3. The van der Waals surface area contributed by atoms with Crippen molar-refractivity contribution in [3.05, 3.63) is 30.0 Å². The third-order valence-electron chi connectivity index (χ3n) is 2.47. The summed E-state index contributed by atoms with van der Waals surface area (Å²) in [5, 5.41) is 19.8. The van der Waals surface area contributed by atoms with Gasteiger partial charge in [0, 0.05) is 23.7 Å². The van der Waals surface area contributed by atoms with Gasteiger partial charge in [0.15, 0.2) is 0 Å². The first-order chi connectivity index (χ1) is 6.77. The third-order valence-corrected chi connectivity index (χ3v) is 2.47. The summed E-state index contributed by atoms with van der Waals surface area (Å²) in [4.78, 5) is 0. The molecule has 0 aliphatic heterocycles. The molecular weight excluding hydrogens is 178 g/mol. The molecule has 14 heavy (non-hydrogen) atoms. The van der Waals surface area contributed by atoms with Crippen molar-refractivity contribution in [3.63, 3.8) is 0 Å². The van der Waals surface area contributed by atoms with E-state index in [0.29, 0.717) is 0 Å². The molecule has 0 atom stereocenters. The van der Waals surface area contributed by atoms with Gasteiger partial charge in [-0.25, -0.2) is 0 Å². The van der Waals surface area contributed by atoms with Gasteiger partial charge in [-0.05, 0) is 13.0 Å². The van der Waals surface area contributed by atoms with Crippen LogP contribution in [0.4, 0.5) is 0 Å². The van der Waals surface area contributed by atoms with Crippen molar-refractivity contribution in [2.45, 2.75) is 20.1 Å². The molecule has 1 heterocycles. The Kier molecular flexibility index (Phi) is 2.17. The van der Waals surface area contributed by atoms with Crippen molar-refractivity contribution in [2.75, 3.05) is 0 Å². The number of aryl methyl sites for hydroxylation is 1. The number of hydrogen-bond donors (Lipinski definition) is 2. The minimum Gasteiger partial charge on any atom is -0.506 e. The molecule has 0 saturated carbocycles. The first kappa shape index (κ1) is 9.09. The number of fused-ring (bicyclic) bond motifs is 1. The molecule has 1 aromatic heterocycles. The van der Waals surface area contributed by atoms with E-state index in [2.05, 4.69) is 0 Å². The molecule has 0 bridgehead atoms. The van der Waals surface area contributed by atoms with Crippen LogP contribution in [0, 0.1) is 0 Å². The second-order valence-corrected chi connectivity index (χ2v) is 3.27. The van der Waals surface area contributed by atoms with E-state index in [4.69, 9.17) is 5.11 Å². The Morgan fingerprint density at radius 2 is 2.14 bits per heavy atom. The van der Waals surface area contributed by atoms with Gasteiger partial charge >= 0.3 is 0 Å². The molecule has 0 aliphatic carbocycles. The van der Waals surface area contributed by atoms with Crippen LogP contribution >= 0.6 is 0 Å². The van der Waals surface area contributed by atoms with Gasteiger partial charge in [0.1, 0.15) is 5.75 Å². The zero-order valence-electron chi connectivity index (χ0n) is 8.07. The second kappa shape index (κ2) is 3.35. The molecule has 2 aromatic rings. The van der Waals surface area contributed by atoms with E-state index in [1.54, 1.807) is 12.1 Å². The number of aromatic nitrogens is 1. The summed E-state index contributed by atoms with van der Waals surface area (Å²) in [7, 11) is 0. The number of aromatic hydroxyl groups is 1. The van der Waals surface area contributed by atoms with Gasteiger partial charge in [0.05, 0.1) is 12.1 Å². The summed E-state index contributed by atoms with van der Waals surface area (Å²) in [5.74, 6) is 0.268. The number of benzene rings is 1. The zero-order valence-corrected chi connectivity index (χ0v) is 8.07. The number of aliphatic hydroxyl groups is 1. The van der Waals surface area contributed by atoms with Crippen molar-refractivity contribution in [1.29, 1.82) is 0 Å². The summed E-state index contributed by atoms with van der Waals surface area (Å²) in [6.07, 6.45) is 1.88. The van der Waals surface area contributed by atoms with Gasteiger partial charge in [-0.15, -0.1) is 0 Å². The molecule has 74 valence electrons. The van der Waals surface area contributed by atoms with Crippen molar-refractivity contribution in [1.82, 2.24) is 4.57 Å². The third kappa shape index (κ3) is 1.17. The minimum absolute atomic E-state index is 0.00690. The molecule has 1 aromatic carbocycles. The predicted molar refractivity (Wildman–Crippen MR) is 55.2 cm³/mol. The molecular formula is C11H13NO2. The van der Waals surface area contributed by atoms with Gasteiger partial charge in [-0.1, -0.05) is 12.1 Å². The van der Waals surface area contributed by atoms with Crippen LogP contribution in [0.15, 0.2) is 24.4 Å². The highest BCUT2D eigenvalue weighted by molar-refractivity contribution is 5.88. The van der Waals surface area contributed by atoms with E-state index in [0.717, 1.165) is 23.0 Å². The molecule has 3 heteroatoms. The van der Waals surface area contributed by atoms with Crippen molar-refractivity contribution in [3.8, 4) is 5.75 Å². The topological polar surface area (TPSA) is 45.4 Å². The van der Waals surface area contributed by atoms with Crippen LogP contribution in [-0.2, 0) is 13.2 Å². The van der Waals surface area contributed by atoms with Crippen LogP contribution in [0.25, 0.3) is 10.9 Å². The Bertz CT molecular complexity index is 460. The molecule has 2 rings (SSSR count). The highest BCUT2D eigenvalue weighted by Gasteiger charge is 2.09. The maximum absolute atomic E-state index is 9.69. The van der Waals surface area contributed by atoms with E-state index in [1.165, 1.54) is 0 Å². The molecule has 2 N–H and O–H groups in total. The molecule has 0 amide bonds. The number of phenolic OH excluding ortho intramolecular Hbond substituents is 1. The molecule has 0 fully saturated rings. The quantitative estimate of drug-likeness (QED) is 0.761. The molecule has 0 spiro atoms. The lowest BCUT2D eigenvalue weighted by Crippen LogP contribution is -1.90. The largest absolute Gasteiger partial charge is 0.506 e. The molecule has 0 aliphatic rings. The number of para-hydroxylation sites is 1. The lowest BCUT2D eigenvalue weighted by Gasteiger charge is -2.01. The Labute approximate surface area is 82.2 Å². The summed E-state index contributed by atoms with van der Waals surface area (Å²) in [5.41, 5.74) is 1.66. The number of phenols is 1. The monoisotopic (exact) mass is 191 g/mol. The number of hydrogen-bond acceptors (Lipinski definition) is 2. The van der Waals surface area contributed by atoms with E-state index >= 15 is 0 Å². The number of nitrogens with zero attached hydrogens (tertiary/aromatic N) is 1. The Morgan fingerprint density at radius 1 is 1.36 bits per heavy atom. The molecule has 0 radical (unpaired) electrons. The number of rotatable bonds is 2. The lowest BCUT2D eigenvalue weighted by atomic mass is 10.2. The van der Waals surface area contributed by atoms with Crippen molar-refractivity contribution < 1.29 is 10.2 Å². The fourth-order valence-electron chi connectivity index (χ4n) is 1.79. The van der Waals surface area contributed by atoms with Gasteiger partial charge in [-0.2, -0.15) is 0 Å². The fourth-order valence-corrected chi connectivity index (χ4v) is 1.79. The van der Waals surface area contributed by atoms with Gasteiger partial charge in [0.2, 0.25) is 0 Å². The fraction of sp³-hybridized carbons (Fsp3) is 0.273. The van der Waals surface area contributed by atoms with Crippen LogP contribution in [0.1, 0.15) is 12.5 Å². The minimum atomic E-state index is 0.00690. The SMILES string of the molecule is CCn1cc(CO)c2cccc(O)c21. The van der Waals surface area contributed by atoms with Crippen molar-refractivity contribution >= 4 is 10.9 Å². The van der Waals surface area contributed by atoms with Gasteiger partial charge < -0.3 is 14.8 Å². The average molecular weight is 191 g/mol. The normalized spacial score (nSPS) is 11.0. The maximum atomic E-state index is 9.69. The number of aliphatic hydroxyl groups excluding tert-OH is 1. The van der Waals surface area contributed by atoms with E-state index in [1.807, 2.05) is 23.8 Å². The summed E-state index contributed by atoms with van der Waals surface area (Å²) in [6, 6.07) is 5.36. The first-order valence-corrected chi connectivity index (χ1v) is 4.68. The summed E-state index contributed by atoms with van der Waals surface area (Å²) < 4.78 is 1.94. The van der Waals surface area contributed by atoms with Crippen LogP contribution in [0.5, 0.6) is 5.75 Å².